The van der Waals surface area contributed by atoms with Gasteiger partial charge in [0, 0.05) is 19.6 Å². The van der Waals surface area contributed by atoms with Gasteiger partial charge in [-0.3, -0.25) is 0 Å². The van der Waals surface area contributed by atoms with Crippen LogP contribution in [0.2, 0.25) is 0 Å². The van der Waals surface area contributed by atoms with Gasteiger partial charge in [0.15, 0.2) is 5.60 Å². The molecule has 10 heteroatoms. The number of hydrogen-bond acceptors (Lipinski definition) is 6. The fourth-order valence-corrected chi connectivity index (χ4v) is 2.86. The second-order valence-corrected chi connectivity index (χ2v) is 9.51. The van der Waals surface area contributed by atoms with Gasteiger partial charge in [-0.1, -0.05) is 39.8 Å². The fourth-order valence-electron chi connectivity index (χ4n) is 2.86. The van der Waals surface area contributed by atoms with E-state index < -0.39 is 30.2 Å². The minimum Gasteiger partial charge on any atom is -0.492 e. The Hall–Kier alpha value is -2.46. The number of halogens is 2. The van der Waals surface area contributed by atoms with E-state index in [4.69, 9.17) is 18.9 Å². The standard InChI is InChI=1S/C25H39F2NO7/c1-7-25(26,27)18-32-15-13-28(22(31)34-17-23(3,4)5)14-16-33-20-11-9-19(10-12-20)24(6,21(29)30)35-8-2/h9-12H,7-8,13-18H2,1-6H3,(H,29,30). The maximum absolute atomic E-state index is 13.4. The predicted octanol–water partition coefficient (Wildman–Crippen LogP) is 4.95. The summed E-state index contributed by atoms with van der Waals surface area (Å²) in [6, 6.07) is 6.45. The van der Waals surface area contributed by atoms with E-state index in [0.717, 1.165) is 0 Å². The number of carbonyl (C=O) groups excluding carboxylic acids is 1. The average molecular weight is 504 g/mol. The molecule has 1 aromatic carbocycles. The molecule has 0 saturated carbocycles. The van der Waals surface area contributed by atoms with Crippen molar-refractivity contribution >= 4 is 12.1 Å². The van der Waals surface area contributed by atoms with Crippen molar-refractivity contribution in [2.24, 2.45) is 5.41 Å². The van der Waals surface area contributed by atoms with Crippen LogP contribution in [0.4, 0.5) is 13.6 Å². The van der Waals surface area contributed by atoms with Crippen LogP contribution in [0.25, 0.3) is 0 Å². The van der Waals surface area contributed by atoms with Crippen LogP contribution in [0.5, 0.6) is 5.75 Å². The molecule has 8 nitrogen and oxygen atoms in total. The van der Waals surface area contributed by atoms with Gasteiger partial charge in [0.2, 0.25) is 0 Å². The molecule has 0 aliphatic heterocycles. The number of ether oxygens (including phenoxy) is 4. The van der Waals surface area contributed by atoms with Crippen molar-refractivity contribution in [2.75, 3.05) is 46.1 Å². The molecule has 0 aromatic heterocycles. The summed E-state index contributed by atoms with van der Waals surface area (Å²) in [5.74, 6) is -3.54. The maximum Gasteiger partial charge on any atom is 0.409 e. The Bertz CT molecular complexity index is 796. The molecule has 0 spiro atoms. The van der Waals surface area contributed by atoms with Crippen LogP contribution >= 0.6 is 0 Å². The van der Waals surface area contributed by atoms with E-state index in [-0.39, 0.29) is 51.4 Å². The van der Waals surface area contributed by atoms with Gasteiger partial charge in [-0.05, 0) is 37.0 Å². The smallest absolute Gasteiger partial charge is 0.409 e. The average Bonchev–Trinajstić information content (AvgIpc) is 2.79. The quantitative estimate of drug-likeness (QED) is 0.339. The number of rotatable bonds is 15. The summed E-state index contributed by atoms with van der Waals surface area (Å²) in [6.45, 7) is 10.3. The summed E-state index contributed by atoms with van der Waals surface area (Å²) in [7, 11) is 0. The van der Waals surface area contributed by atoms with Crippen molar-refractivity contribution in [3.05, 3.63) is 29.8 Å². The van der Waals surface area contributed by atoms with Crippen LogP contribution < -0.4 is 4.74 Å². The Balaban J connectivity index is 2.72. The van der Waals surface area contributed by atoms with Crippen LogP contribution in [0.15, 0.2) is 24.3 Å². The molecule has 1 atom stereocenters. The number of hydrogen-bond donors (Lipinski definition) is 1. The van der Waals surface area contributed by atoms with E-state index >= 15 is 0 Å². The highest BCUT2D eigenvalue weighted by Gasteiger charge is 2.36. The largest absolute Gasteiger partial charge is 0.492 e. The number of carboxylic acids is 1. The van der Waals surface area contributed by atoms with Crippen molar-refractivity contribution in [1.82, 2.24) is 4.90 Å². The zero-order valence-corrected chi connectivity index (χ0v) is 21.6. The Morgan fingerprint density at radius 2 is 1.57 bits per heavy atom. The second-order valence-electron chi connectivity index (χ2n) is 9.51. The predicted molar refractivity (Wildman–Crippen MR) is 127 cm³/mol. The lowest BCUT2D eigenvalue weighted by Gasteiger charge is -2.26. The molecule has 0 radical (unpaired) electrons. The first-order chi connectivity index (χ1) is 16.2. The molecule has 1 aromatic rings. The lowest BCUT2D eigenvalue weighted by Crippen LogP contribution is -2.39. The highest BCUT2D eigenvalue weighted by atomic mass is 19.3. The first-order valence-corrected chi connectivity index (χ1v) is 11.7. The highest BCUT2D eigenvalue weighted by molar-refractivity contribution is 5.79. The molecular weight excluding hydrogens is 464 g/mol. The molecule has 1 unspecified atom stereocenters. The minimum absolute atomic E-state index is 0.0659. The summed E-state index contributed by atoms with van der Waals surface area (Å²) < 4.78 is 48.3. The molecule has 0 aliphatic rings. The Kier molecular flexibility index (Phi) is 11.9. The molecule has 35 heavy (non-hydrogen) atoms. The SMILES string of the molecule is CCOC(C)(C(=O)O)c1ccc(OCCN(CCOCC(F)(F)CC)C(=O)OCC(C)(C)C)cc1. The molecule has 0 bridgehead atoms. The first-order valence-electron chi connectivity index (χ1n) is 11.7. The van der Waals surface area contributed by atoms with Crippen LogP contribution in [0.1, 0.15) is 53.5 Å². The van der Waals surface area contributed by atoms with Crippen LogP contribution in [-0.4, -0.2) is 74.1 Å². The van der Waals surface area contributed by atoms with Crippen molar-refractivity contribution in [1.29, 1.82) is 0 Å². The number of aliphatic carboxylic acids is 1. The van der Waals surface area contributed by atoms with Crippen molar-refractivity contribution in [2.45, 2.75) is 59.5 Å². The molecule has 0 saturated heterocycles. The number of carbonyl (C=O) groups is 2. The minimum atomic E-state index is -2.91. The van der Waals surface area contributed by atoms with E-state index in [0.29, 0.717) is 11.3 Å². The van der Waals surface area contributed by atoms with Crippen LogP contribution in [0, 0.1) is 5.41 Å². The summed E-state index contributed by atoms with van der Waals surface area (Å²) in [5.41, 5.74) is -1.24. The third kappa shape index (κ3) is 10.8. The third-order valence-corrected chi connectivity index (χ3v) is 5.10. The molecule has 0 aliphatic carbocycles. The molecular formula is C25H39F2NO7. The summed E-state index contributed by atoms with van der Waals surface area (Å²) in [5, 5.41) is 9.52. The third-order valence-electron chi connectivity index (χ3n) is 5.10. The van der Waals surface area contributed by atoms with Gasteiger partial charge in [0.05, 0.1) is 19.8 Å². The number of alkyl halides is 2. The number of carboxylic acid groups (broad SMARTS) is 1. The van der Waals surface area contributed by atoms with E-state index in [1.807, 2.05) is 20.8 Å². The summed E-state index contributed by atoms with van der Waals surface area (Å²) >= 11 is 0. The maximum atomic E-state index is 13.4. The fraction of sp³-hybridized carbons (Fsp3) is 0.680. The van der Waals surface area contributed by atoms with Gasteiger partial charge in [-0.25, -0.2) is 18.4 Å². The molecule has 0 heterocycles. The zero-order valence-electron chi connectivity index (χ0n) is 21.6. The Morgan fingerprint density at radius 1 is 0.971 bits per heavy atom. The van der Waals surface area contributed by atoms with Gasteiger partial charge < -0.3 is 29.0 Å². The second kappa shape index (κ2) is 13.6. The van der Waals surface area contributed by atoms with Crippen molar-refractivity contribution in [3.63, 3.8) is 0 Å². The Labute approximate surface area is 206 Å². The van der Waals surface area contributed by atoms with E-state index in [1.165, 1.54) is 18.7 Å². The van der Waals surface area contributed by atoms with Crippen LogP contribution in [-0.2, 0) is 24.6 Å². The van der Waals surface area contributed by atoms with Crippen LogP contribution in [0.3, 0.4) is 0 Å². The van der Waals surface area contributed by atoms with Gasteiger partial charge in [0.1, 0.15) is 19.0 Å². The molecule has 1 rings (SSSR count). The van der Waals surface area contributed by atoms with Gasteiger partial charge >= 0.3 is 12.1 Å². The van der Waals surface area contributed by atoms with E-state index in [2.05, 4.69) is 0 Å². The molecule has 1 N–H and O–H groups in total. The first kappa shape index (κ1) is 30.6. The zero-order chi connectivity index (χ0) is 26.7. The molecule has 0 fully saturated rings. The van der Waals surface area contributed by atoms with Gasteiger partial charge in [-0.15, -0.1) is 0 Å². The summed E-state index contributed by atoms with van der Waals surface area (Å²) in [6.07, 6.45) is -0.911. The molecule has 200 valence electrons. The Morgan fingerprint density at radius 3 is 2.09 bits per heavy atom. The lowest BCUT2D eigenvalue weighted by atomic mass is 9.96. The summed E-state index contributed by atoms with van der Waals surface area (Å²) in [4.78, 5) is 25.5. The van der Waals surface area contributed by atoms with Crippen molar-refractivity contribution < 1.29 is 42.4 Å². The van der Waals surface area contributed by atoms with Crippen molar-refractivity contribution in [3.8, 4) is 5.75 Å². The number of amides is 1. The molecule has 1 amide bonds. The number of nitrogens with zero attached hydrogens (tertiary/aromatic N) is 1. The monoisotopic (exact) mass is 503 g/mol. The lowest BCUT2D eigenvalue weighted by molar-refractivity contribution is -0.164. The topological polar surface area (TPSA) is 94.5 Å². The number of benzene rings is 1. The van der Waals surface area contributed by atoms with E-state index in [1.54, 1.807) is 31.2 Å². The van der Waals surface area contributed by atoms with E-state index in [9.17, 15) is 23.5 Å². The normalized spacial score (nSPS) is 13.7. The highest BCUT2D eigenvalue weighted by Crippen LogP contribution is 2.27. The van der Waals surface area contributed by atoms with Gasteiger partial charge in [-0.2, -0.15) is 0 Å². The van der Waals surface area contributed by atoms with Gasteiger partial charge in [0.25, 0.3) is 5.92 Å².